The van der Waals surface area contributed by atoms with Crippen LogP contribution in [0.3, 0.4) is 0 Å². The molecule has 1 fully saturated rings. The minimum absolute atomic E-state index is 0.226. The molecule has 0 spiro atoms. The van der Waals surface area contributed by atoms with Crippen LogP contribution in [0, 0.1) is 5.92 Å². The summed E-state index contributed by atoms with van der Waals surface area (Å²) in [5, 5.41) is 0. The molecular formula is C19H27F. The number of rotatable bonds is 6. The molecule has 0 nitrogen and oxygen atoms in total. The van der Waals surface area contributed by atoms with Crippen LogP contribution in [0.5, 0.6) is 0 Å². The van der Waals surface area contributed by atoms with E-state index in [1.54, 1.807) is 0 Å². The third kappa shape index (κ3) is 4.47. The molecule has 0 amide bonds. The first-order valence-corrected chi connectivity index (χ1v) is 8.15. The van der Waals surface area contributed by atoms with Crippen LogP contribution >= 0.6 is 0 Å². The fraction of sp³-hybridized carbons (Fsp3) is 0.579. The summed E-state index contributed by atoms with van der Waals surface area (Å²) in [6.07, 6.45) is 12.3. The molecule has 0 heterocycles. The van der Waals surface area contributed by atoms with Crippen molar-refractivity contribution in [3.63, 3.8) is 0 Å². The zero-order valence-electron chi connectivity index (χ0n) is 12.7. The summed E-state index contributed by atoms with van der Waals surface area (Å²) in [6.45, 7) is 2.00. The second kappa shape index (κ2) is 8.24. The van der Waals surface area contributed by atoms with Crippen molar-refractivity contribution in [2.45, 2.75) is 57.8 Å². The number of benzene rings is 1. The van der Waals surface area contributed by atoms with Gasteiger partial charge in [0, 0.05) is 0 Å². The van der Waals surface area contributed by atoms with Gasteiger partial charge in [-0.05, 0) is 61.5 Å². The molecule has 1 aromatic rings. The third-order valence-corrected chi connectivity index (χ3v) is 4.45. The van der Waals surface area contributed by atoms with Gasteiger partial charge in [0.1, 0.15) is 0 Å². The quantitative estimate of drug-likeness (QED) is 0.573. The van der Waals surface area contributed by atoms with Gasteiger partial charge in [0.2, 0.25) is 0 Å². The number of hydrogen-bond donors (Lipinski definition) is 0. The van der Waals surface area contributed by atoms with Gasteiger partial charge in [0.05, 0.1) is 6.67 Å². The summed E-state index contributed by atoms with van der Waals surface area (Å²) in [5.41, 5.74) is 2.97. The van der Waals surface area contributed by atoms with Crippen molar-refractivity contribution >= 4 is 0 Å². The lowest BCUT2D eigenvalue weighted by atomic mass is 9.78. The number of alkyl halides is 1. The van der Waals surface area contributed by atoms with Gasteiger partial charge in [-0.2, -0.15) is 0 Å². The van der Waals surface area contributed by atoms with Crippen molar-refractivity contribution < 1.29 is 4.39 Å². The maximum absolute atomic E-state index is 12.1. The average molecular weight is 274 g/mol. The molecule has 0 bridgehead atoms. The van der Waals surface area contributed by atoms with Crippen LogP contribution in [0.1, 0.15) is 62.5 Å². The minimum Gasteiger partial charge on any atom is -0.251 e. The van der Waals surface area contributed by atoms with Crippen molar-refractivity contribution in [2.75, 3.05) is 6.67 Å². The third-order valence-electron chi connectivity index (χ3n) is 4.45. The van der Waals surface area contributed by atoms with Crippen molar-refractivity contribution in [3.8, 4) is 0 Å². The summed E-state index contributed by atoms with van der Waals surface area (Å²) in [4.78, 5) is 0. The largest absolute Gasteiger partial charge is 0.251 e. The number of allylic oxidation sites excluding steroid dienone is 2. The van der Waals surface area contributed by atoms with E-state index < -0.39 is 0 Å². The van der Waals surface area contributed by atoms with E-state index in [0.717, 1.165) is 5.92 Å². The molecule has 0 N–H and O–H groups in total. The minimum atomic E-state index is -0.226. The smallest absolute Gasteiger partial charge is 0.0928 e. The van der Waals surface area contributed by atoms with Crippen LogP contribution in [-0.4, -0.2) is 6.67 Å². The number of hydrogen-bond acceptors (Lipinski definition) is 0. The standard InChI is InChI=1S/C19H27F/c1-2-5-16-7-11-18(12-8-16)19-13-9-17(10-14-19)6-3-4-15-20/h3,6-8,11-12,17,19H,2,4-5,9-10,13-15H2,1H3. The van der Waals surface area contributed by atoms with Crippen LogP contribution in [0.15, 0.2) is 36.4 Å². The molecule has 1 heteroatoms. The maximum Gasteiger partial charge on any atom is 0.0928 e. The van der Waals surface area contributed by atoms with E-state index in [1.165, 1.54) is 49.7 Å². The molecule has 0 atom stereocenters. The molecule has 0 saturated heterocycles. The van der Waals surface area contributed by atoms with E-state index in [2.05, 4.69) is 37.3 Å². The predicted octanol–water partition coefficient (Wildman–Crippen LogP) is 5.83. The van der Waals surface area contributed by atoms with Gasteiger partial charge >= 0.3 is 0 Å². The second-order valence-corrected chi connectivity index (χ2v) is 6.01. The molecule has 110 valence electrons. The van der Waals surface area contributed by atoms with E-state index in [9.17, 15) is 4.39 Å². The van der Waals surface area contributed by atoms with E-state index in [-0.39, 0.29) is 6.67 Å². The Morgan fingerprint density at radius 2 is 1.80 bits per heavy atom. The van der Waals surface area contributed by atoms with Crippen LogP contribution < -0.4 is 0 Å². The highest BCUT2D eigenvalue weighted by Crippen LogP contribution is 2.36. The van der Waals surface area contributed by atoms with Gasteiger partial charge in [0.25, 0.3) is 0 Å². The highest BCUT2D eigenvalue weighted by Gasteiger charge is 2.20. The van der Waals surface area contributed by atoms with Crippen molar-refractivity contribution in [2.24, 2.45) is 5.92 Å². The fourth-order valence-electron chi connectivity index (χ4n) is 3.24. The Balaban J connectivity index is 1.83. The van der Waals surface area contributed by atoms with E-state index in [4.69, 9.17) is 0 Å². The van der Waals surface area contributed by atoms with Crippen LogP contribution in [0.2, 0.25) is 0 Å². The molecule has 1 aromatic carbocycles. The maximum atomic E-state index is 12.1. The number of halogens is 1. The highest BCUT2D eigenvalue weighted by atomic mass is 19.1. The molecule has 0 unspecified atom stereocenters. The Bertz CT molecular complexity index is 396. The van der Waals surface area contributed by atoms with Crippen LogP contribution in [0.4, 0.5) is 4.39 Å². The van der Waals surface area contributed by atoms with Crippen LogP contribution in [0.25, 0.3) is 0 Å². The lowest BCUT2D eigenvalue weighted by Gasteiger charge is -2.27. The van der Waals surface area contributed by atoms with E-state index in [1.807, 2.05) is 6.08 Å². The molecule has 1 aliphatic rings. The molecule has 0 aromatic heterocycles. The summed E-state index contributed by atoms with van der Waals surface area (Å²) in [5.74, 6) is 1.41. The summed E-state index contributed by atoms with van der Waals surface area (Å²) in [6, 6.07) is 9.25. The van der Waals surface area contributed by atoms with Crippen molar-refractivity contribution in [1.82, 2.24) is 0 Å². The Labute approximate surface area is 123 Å². The Morgan fingerprint density at radius 1 is 1.10 bits per heavy atom. The molecule has 2 rings (SSSR count). The topological polar surface area (TPSA) is 0 Å². The molecular weight excluding hydrogens is 247 g/mol. The van der Waals surface area contributed by atoms with Gasteiger partial charge in [-0.15, -0.1) is 0 Å². The Morgan fingerprint density at radius 3 is 2.40 bits per heavy atom. The second-order valence-electron chi connectivity index (χ2n) is 6.01. The van der Waals surface area contributed by atoms with Gasteiger partial charge in [-0.3, -0.25) is 4.39 Å². The molecule has 1 saturated carbocycles. The monoisotopic (exact) mass is 274 g/mol. The van der Waals surface area contributed by atoms with Crippen LogP contribution in [-0.2, 0) is 6.42 Å². The fourth-order valence-corrected chi connectivity index (χ4v) is 3.24. The van der Waals surface area contributed by atoms with E-state index >= 15 is 0 Å². The van der Waals surface area contributed by atoms with Gasteiger partial charge in [-0.25, -0.2) is 0 Å². The van der Waals surface area contributed by atoms with Crippen molar-refractivity contribution in [1.29, 1.82) is 0 Å². The zero-order chi connectivity index (χ0) is 14.2. The first kappa shape index (κ1) is 15.3. The van der Waals surface area contributed by atoms with Gasteiger partial charge < -0.3 is 0 Å². The predicted molar refractivity (Wildman–Crippen MR) is 84.9 cm³/mol. The van der Waals surface area contributed by atoms with Gasteiger partial charge in [-0.1, -0.05) is 49.8 Å². The van der Waals surface area contributed by atoms with Gasteiger partial charge in [0.15, 0.2) is 0 Å². The molecule has 0 radical (unpaired) electrons. The lowest BCUT2D eigenvalue weighted by Crippen LogP contribution is -2.11. The Hall–Kier alpha value is -1.11. The molecule has 20 heavy (non-hydrogen) atoms. The number of aryl methyl sites for hydroxylation is 1. The molecule has 0 aliphatic heterocycles. The summed E-state index contributed by atoms with van der Waals surface area (Å²) in [7, 11) is 0. The summed E-state index contributed by atoms with van der Waals surface area (Å²) < 4.78 is 12.1. The zero-order valence-corrected chi connectivity index (χ0v) is 12.7. The first-order chi connectivity index (χ1) is 9.83. The van der Waals surface area contributed by atoms with E-state index in [0.29, 0.717) is 12.3 Å². The van der Waals surface area contributed by atoms with Crippen molar-refractivity contribution in [3.05, 3.63) is 47.5 Å². The Kier molecular flexibility index (Phi) is 6.29. The lowest BCUT2D eigenvalue weighted by molar-refractivity contribution is 0.375. The average Bonchev–Trinajstić information content (AvgIpc) is 2.49. The first-order valence-electron chi connectivity index (χ1n) is 8.15. The summed E-state index contributed by atoms with van der Waals surface area (Å²) >= 11 is 0. The normalized spacial score (nSPS) is 23.3. The SMILES string of the molecule is CCCc1ccc(C2CCC(C=CCCF)CC2)cc1. The molecule has 1 aliphatic carbocycles. The highest BCUT2D eigenvalue weighted by molar-refractivity contribution is 5.26.